The van der Waals surface area contributed by atoms with Gasteiger partial charge in [0.15, 0.2) is 0 Å². The molecule has 26 heavy (non-hydrogen) atoms. The van der Waals surface area contributed by atoms with Crippen molar-refractivity contribution >= 4 is 21.6 Å². The van der Waals surface area contributed by atoms with E-state index in [1.165, 1.54) is 24.3 Å². The third-order valence-electron chi connectivity index (χ3n) is 3.49. The molecule has 2 aromatic rings. The van der Waals surface area contributed by atoms with E-state index in [-0.39, 0.29) is 11.4 Å². The fourth-order valence-electron chi connectivity index (χ4n) is 2.16. The lowest BCUT2D eigenvalue weighted by molar-refractivity contribution is 0.102. The monoisotopic (exact) mass is 373 g/mol. The molecule has 1 amide bonds. The molecule has 0 radical (unpaired) electrons. The van der Waals surface area contributed by atoms with Gasteiger partial charge in [-0.3, -0.25) is 4.79 Å². The van der Waals surface area contributed by atoms with Gasteiger partial charge in [0, 0.05) is 31.5 Å². The Bertz CT molecular complexity index is 903. The van der Waals surface area contributed by atoms with Crippen molar-refractivity contribution in [2.45, 2.75) is 11.3 Å². The standard InChI is InChI=1S/C18H19N3O4S/c1-25-11-3-10-20-26(23,24)17-8-6-15(7-9-17)18(22)21-16-5-2-4-14(12-16)13-19/h2,4-9,12,20H,3,10-11H2,1H3,(H,21,22). The van der Waals surface area contributed by atoms with Crippen LogP contribution in [0.1, 0.15) is 22.3 Å². The summed E-state index contributed by atoms with van der Waals surface area (Å²) in [7, 11) is -2.07. The maximum absolute atomic E-state index is 12.2. The molecule has 0 heterocycles. The predicted molar refractivity (Wildman–Crippen MR) is 97.2 cm³/mol. The van der Waals surface area contributed by atoms with Crippen LogP contribution >= 0.6 is 0 Å². The summed E-state index contributed by atoms with van der Waals surface area (Å²) in [6, 6.07) is 14.1. The Morgan fingerprint density at radius 3 is 2.58 bits per heavy atom. The van der Waals surface area contributed by atoms with Crippen molar-refractivity contribution in [3.63, 3.8) is 0 Å². The molecule has 0 spiro atoms. The summed E-state index contributed by atoms with van der Waals surface area (Å²) in [6.45, 7) is 0.738. The summed E-state index contributed by atoms with van der Waals surface area (Å²) < 4.78 is 31.7. The van der Waals surface area contributed by atoms with Crippen LogP contribution in [0.25, 0.3) is 0 Å². The zero-order valence-corrected chi connectivity index (χ0v) is 15.0. The third kappa shape index (κ3) is 5.39. The molecule has 0 unspecified atom stereocenters. The summed E-state index contributed by atoms with van der Waals surface area (Å²) in [4.78, 5) is 12.3. The van der Waals surface area contributed by atoms with E-state index in [4.69, 9.17) is 10.00 Å². The van der Waals surface area contributed by atoms with Crippen molar-refractivity contribution in [3.8, 4) is 6.07 Å². The molecular weight excluding hydrogens is 354 g/mol. The molecule has 7 nitrogen and oxygen atoms in total. The lowest BCUT2D eigenvalue weighted by Crippen LogP contribution is -2.25. The van der Waals surface area contributed by atoms with E-state index in [0.29, 0.717) is 29.8 Å². The van der Waals surface area contributed by atoms with E-state index in [9.17, 15) is 13.2 Å². The number of nitrogens with zero attached hydrogens (tertiary/aromatic N) is 1. The molecule has 8 heteroatoms. The fraction of sp³-hybridized carbons (Fsp3) is 0.222. The van der Waals surface area contributed by atoms with E-state index in [2.05, 4.69) is 10.0 Å². The van der Waals surface area contributed by atoms with Gasteiger partial charge in [-0.1, -0.05) is 6.07 Å². The highest BCUT2D eigenvalue weighted by molar-refractivity contribution is 7.89. The number of sulfonamides is 1. The minimum Gasteiger partial charge on any atom is -0.385 e. The predicted octanol–water partition coefficient (Wildman–Crippen LogP) is 2.13. The molecule has 0 fully saturated rings. The average molecular weight is 373 g/mol. The second-order valence-electron chi connectivity index (χ2n) is 5.42. The first-order valence-corrected chi connectivity index (χ1v) is 9.35. The number of hydrogen-bond acceptors (Lipinski definition) is 5. The topological polar surface area (TPSA) is 108 Å². The lowest BCUT2D eigenvalue weighted by atomic mass is 10.2. The Kier molecular flexibility index (Phi) is 6.86. The molecule has 2 aromatic carbocycles. The molecule has 0 aliphatic rings. The largest absolute Gasteiger partial charge is 0.385 e. The number of hydrogen-bond donors (Lipinski definition) is 2. The van der Waals surface area contributed by atoms with Gasteiger partial charge in [-0.05, 0) is 48.9 Å². The van der Waals surface area contributed by atoms with E-state index in [1.54, 1.807) is 31.4 Å². The molecule has 0 atom stereocenters. The van der Waals surface area contributed by atoms with Crippen LogP contribution in [-0.2, 0) is 14.8 Å². The van der Waals surface area contributed by atoms with Crippen molar-refractivity contribution in [1.29, 1.82) is 5.26 Å². The normalized spacial score (nSPS) is 10.9. The van der Waals surface area contributed by atoms with Crippen molar-refractivity contribution in [1.82, 2.24) is 4.72 Å². The zero-order valence-electron chi connectivity index (χ0n) is 14.2. The summed E-state index contributed by atoms with van der Waals surface area (Å²) >= 11 is 0. The Morgan fingerprint density at radius 2 is 1.92 bits per heavy atom. The first-order chi connectivity index (χ1) is 12.5. The number of amides is 1. The van der Waals surface area contributed by atoms with Crippen LogP contribution in [0.4, 0.5) is 5.69 Å². The number of nitriles is 1. The summed E-state index contributed by atoms with van der Waals surface area (Å²) in [5.74, 6) is -0.392. The van der Waals surface area contributed by atoms with Gasteiger partial charge in [0.2, 0.25) is 10.0 Å². The van der Waals surface area contributed by atoms with Crippen LogP contribution in [0.5, 0.6) is 0 Å². The van der Waals surface area contributed by atoms with Gasteiger partial charge in [-0.2, -0.15) is 5.26 Å². The molecule has 0 saturated carbocycles. The molecule has 0 aliphatic carbocycles. The number of anilines is 1. The van der Waals surface area contributed by atoms with Crippen molar-refractivity contribution < 1.29 is 17.9 Å². The van der Waals surface area contributed by atoms with Crippen molar-refractivity contribution in [2.24, 2.45) is 0 Å². The van der Waals surface area contributed by atoms with Gasteiger partial charge in [0.05, 0.1) is 16.5 Å². The number of methoxy groups -OCH3 is 1. The second-order valence-corrected chi connectivity index (χ2v) is 7.18. The minimum absolute atomic E-state index is 0.0814. The first-order valence-electron chi connectivity index (χ1n) is 7.86. The van der Waals surface area contributed by atoms with Gasteiger partial charge in [0.25, 0.3) is 5.91 Å². The SMILES string of the molecule is COCCCNS(=O)(=O)c1ccc(C(=O)Nc2cccc(C#N)c2)cc1. The Balaban J connectivity index is 2.04. The Labute approximate surface area is 152 Å². The van der Waals surface area contributed by atoms with Gasteiger partial charge in [0.1, 0.15) is 0 Å². The van der Waals surface area contributed by atoms with Crippen LogP contribution in [0.15, 0.2) is 53.4 Å². The average Bonchev–Trinajstić information content (AvgIpc) is 2.65. The maximum atomic E-state index is 12.2. The maximum Gasteiger partial charge on any atom is 0.255 e. The molecule has 2 N–H and O–H groups in total. The molecule has 0 aromatic heterocycles. The Morgan fingerprint density at radius 1 is 1.19 bits per heavy atom. The van der Waals surface area contributed by atoms with E-state index in [1.807, 2.05) is 6.07 Å². The molecule has 2 rings (SSSR count). The fourth-order valence-corrected chi connectivity index (χ4v) is 3.24. The van der Waals surface area contributed by atoms with Gasteiger partial charge < -0.3 is 10.1 Å². The van der Waals surface area contributed by atoms with Crippen molar-refractivity contribution in [2.75, 3.05) is 25.6 Å². The number of rotatable bonds is 8. The van der Waals surface area contributed by atoms with Crippen molar-refractivity contribution in [3.05, 3.63) is 59.7 Å². The number of benzene rings is 2. The molecule has 136 valence electrons. The quantitative estimate of drug-likeness (QED) is 0.689. The van der Waals surface area contributed by atoms with E-state index >= 15 is 0 Å². The minimum atomic E-state index is -3.62. The smallest absolute Gasteiger partial charge is 0.255 e. The third-order valence-corrected chi connectivity index (χ3v) is 4.97. The van der Waals surface area contributed by atoms with Crippen LogP contribution in [0, 0.1) is 11.3 Å². The number of ether oxygens (including phenoxy) is 1. The Hall–Kier alpha value is -2.73. The second kappa shape index (κ2) is 9.10. The van der Waals surface area contributed by atoms with Crippen LogP contribution in [0.3, 0.4) is 0 Å². The summed E-state index contributed by atoms with van der Waals surface area (Å²) in [6.07, 6.45) is 0.567. The number of carbonyl (C=O) groups excluding carboxylic acids is 1. The lowest BCUT2D eigenvalue weighted by Gasteiger charge is -2.08. The molecule has 0 aliphatic heterocycles. The molecule has 0 saturated heterocycles. The molecule has 0 bridgehead atoms. The number of nitrogens with one attached hydrogen (secondary N) is 2. The van der Waals surface area contributed by atoms with Gasteiger partial charge in [-0.15, -0.1) is 0 Å². The molecular formula is C18H19N3O4S. The number of carbonyl (C=O) groups is 1. The van der Waals surface area contributed by atoms with E-state index in [0.717, 1.165) is 0 Å². The highest BCUT2D eigenvalue weighted by Crippen LogP contribution is 2.14. The van der Waals surface area contributed by atoms with Gasteiger partial charge >= 0.3 is 0 Å². The van der Waals surface area contributed by atoms with Crippen LogP contribution in [0.2, 0.25) is 0 Å². The zero-order chi connectivity index (χ0) is 19.0. The van der Waals surface area contributed by atoms with Crippen LogP contribution in [-0.4, -0.2) is 34.6 Å². The summed E-state index contributed by atoms with van der Waals surface area (Å²) in [5, 5.41) is 11.5. The highest BCUT2D eigenvalue weighted by atomic mass is 32.2. The highest BCUT2D eigenvalue weighted by Gasteiger charge is 2.14. The van der Waals surface area contributed by atoms with E-state index < -0.39 is 15.9 Å². The summed E-state index contributed by atoms with van der Waals surface area (Å²) in [5.41, 5.74) is 1.24. The van der Waals surface area contributed by atoms with Crippen LogP contribution < -0.4 is 10.0 Å². The van der Waals surface area contributed by atoms with Gasteiger partial charge in [-0.25, -0.2) is 13.1 Å². The first kappa shape index (κ1) is 19.6.